The summed E-state index contributed by atoms with van der Waals surface area (Å²) in [5, 5.41) is 0. The van der Waals surface area contributed by atoms with Gasteiger partial charge in [-0.15, -0.1) is 0 Å². The van der Waals surface area contributed by atoms with E-state index in [1.165, 1.54) is 0 Å². The zero-order chi connectivity index (χ0) is 20.1. The third kappa shape index (κ3) is 4.62. The van der Waals surface area contributed by atoms with Crippen LogP contribution in [-0.4, -0.2) is 104 Å². The van der Waals surface area contributed by atoms with E-state index in [2.05, 4.69) is 11.9 Å². The molecule has 0 aromatic heterocycles. The van der Waals surface area contributed by atoms with Gasteiger partial charge >= 0.3 is 6.09 Å². The highest BCUT2D eigenvalue weighted by Gasteiger charge is 2.26. The fraction of sp³-hybridized carbons (Fsp3) is 0.550. The lowest BCUT2D eigenvalue weighted by Crippen LogP contribution is -2.50. The molecule has 0 aliphatic carbocycles. The molecule has 3 amide bonds. The topological polar surface area (TPSA) is 73.4 Å². The van der Waals surface area contributed by atoms with Crippen LogP contribution in [0.4, 0.5) is 4.79 Å². The van der Waals surface area contributed by atoms with Gasteiger partial charge in [-0.1, -0.05) is 0 Å². The molecule has 2 heterocycles. The van der Waals surface area contributed by atoms with E-state index in [4.69, 9.17) is 4.74 Å². The number of likely N-dealkylation sites (N-methyl/N-ethyl adjacent to an activating group) is 1. The Labute approximate surface area is 165 Å². The highest BCUT2D eigenvalue weighted by molar-refractivity contribution is 5.98. The third-order valence-electron chi connectivity index (χ3n) is 5.26. The van der Waals surface area contributed by atoms with Crippen LogP contribution in [0.15, 0.2) is 24.3 Å². The lowest BCUT2D eigenvalue weighted by molar-refractivity contribution is 0.0570. The van der Waals surface area contributed by atoms with Gasteiger partial charge in [-0.3, -0.25) is 9.59 Å². The number of ether oxygens (including phenoxy) is 1. The summed E-state index contributed by atoms with van der Waals surface area (Å²) in [5.41, 5.74) is 1.16. The Morgan fingerprint density at radius 2 is 1.14 bits per heavy atom. The fourth-order valence-corrected chi connectivity index (χ4v) is 3.44. The van der Waals surface area contributed by atoms with Gasteiger partial charge in [0.25, 0.3) is 11.8 Å². The van der Waals surface area contributed by atoms with Crippen LogP contribution in [0.1, 0.15) is 27.6 Å². The molecule has 2 aliphatic rings. The van der Waals surface area contributed by atoms with Crippen molar-refractivity contribution >= 4 is 17.9 Å². The van der Waals surface area contributed by atoms with Gasteiger partial charge in [-0.25, -0.2) is 4.79 Å². The third-order valence-corrected chi connectivity index (χ3v) is 5.26. The highest BCUT2D eigenvalue weighted by Crippen LogP contribution is 2.13. The van der Waals surface area contributed by atoms with Crippen molar-refractivity contribution in [2.24, 2.45) is 0 Å². The van der Waals surface area contributed by atoms with Crippen molar-refractivity contribution in [3.8, 4) is 0 Å². The SMILES string of the molecule is CCOC(=O)N1CCN(C(=O)c2ccc(C(=O)N3CCN(C)CC3)cc2)CC1. The normalized spacial score (nSPS) is 18.1. The highest BCUT2D eigenvalue weighted by atomic mass is 16.6. The molecule has 3 rings (SSSR count). The maximum Gasteiger partial charge on any atom is 0.409 e. The minimum atomic E-state index is -0.332. The largest absolute Gasteiger partial charge is 0.450 e. The van der Waals surface area contributed by atoms with Crippen molar-refractivity contribution in [3.05, 3.63) is 35.4 Å². The molecule has 2 fully saturated rings. The van der Waals surface area contributed by atoms with E-state index < -0.39 is 0 Å². The first-order valence-electron chi connectivity index (χ1n) is 9.78. The van der Waals surface area contributed by atoms with Crippen LogP contribution in [0.25, 0.3) is 0 Å². The molecule has 152 valence electrons. The van der Waals surface area contributed by atoms with Crippen LogP contribution in [-0.2, 0) is 4.74 Å². The minimum Gasteiger partial charge on any atom is -0.450 e. The second-order valence-corrected chi connectivity index (χ2v) is 7.15. The van der Waals surface area contributed by atoms with Gasteiger partial charge in [0.05, 0.1) is 6.61 Å². The molecule has 2 aliphatic heterocycles. The van der Waals surface area contributed by atoms with Gasteiger partial charge in [-0.05, 0) is 38.2 Å². The molecule has 28 heavy (non-hydrogen) atoms. The maximum absolute atomic E-state index is 12.7. The molecule has 0 N–H and O–H groups in total. The number of hydrogen-bond acceptors (Lipinski definition) is 5. The summed E-state index contributed by atoms with van der Waals surface area (Å²) in [6, 6.07) is 6.87. The monoisotopic (exact) mass is 388 g/mol. The summed E-state index contributed by atoms with van der Waals surface area (Å²) in [7, 11) is 2.05. The van der Waals surface area contributed by atoms with Crippen molar-refractivity contribution in [3.63, 3.8) is 0 Å². The second-order valence-electron chi connectivity index (χ2n) is 7.15. The quantitative estimate of drug-likeness (QED) is 0.772. The van der Waals surface area contributed by atoms with E-state index in [0.29, 0.717) is 43.9 Å². The van der Waals surface area contributed by atoms with Crippen LogP contribution in [0.2, 0.25) is 0 Å². The molecule has 0 spiro atoms. The van der Waals surface area contributed by atoms with E-state index in [-0.39, 0.29) is 17.9 Å². The van der Waals surface area contributed by atoms with Crippen LogP contribution >= 0.6 is 0 Å². The zero-order valence-electron chi connectivity index (χ0n) is 16.6. The van der Waals surface area contributed by atoms with Crippen LogP contribution in [0.5, 0.6) is 0 Å². The minimum absolute atomic E-state index is 0.00940. The Bertz CT molecular complexity index is 705. The Morgan fingerprint density at radius 1 is 0.750 bits per heavy atom. The predicted molar refractivity (Wildman–Crippen MR) is 104 cm³/mol. The Kier molecular flexibility index (Phi) is 6.51. The van der Waals surface area contributed by atoms with Crippen molar-refractivity contribution in [2.75, 3.05) is 66.0 Å². The van der Waals surface area contributed by atoms with Crippen LogP contribution in [0, 0.1) is 0 Å². The fourth-order valence-electron chi connectivity index (χ4n) is 3.44. The average molecular weight is 388 g/mol. The number of nitrogens with zero attached hydrogens (tertiary/aromatic N) is 4. The molecule has 8 heteroatoms. The van der Waals surface area contributed by atoms with Crippen molar-refractivity contribution in [1.29, 1.82) is 0 Å². The summed E-state index contributed by atoms with van der Waals surface area (Å²) in [6.45, 7) is 7.18. The number of amides is 3. The van der Waals surface area contributed by atoms with E-state index in [1.807, 2.05) is 4.90 Å². The van der Waals surface area contributed by atoms with E-state index >= 15 is 0 Å². The lowest BCUT2D eigenvalue weighted by Gasteiger charge is -2.34. The zero-order valence-corrected chi connectivity index (χ0v) is 16.6. The first-order chi connectivity index (χ1) is 13.5. The van der Waals surface area contributed by atoms with E-state index in [0.717, 1.165) is 26.2 Å². The van der Waals surface area contributed by atoms with Crippen molar-refractivity contribution in [2.45, 2.75) is 6.92 Å². The molecule has 8 nitrogen and oxygen atoms in total. The molecule has 0 bridgehead atoms. The molecular formula is C20H28N4O4. The van der Waals surface area contributed by atoms with Crippen molar-refractivity contribution < 1.29 is 19.1 Å². The van der Waals surface area contributed by atoms with Gasteiger partial charge in [0.1, 0.15) is 0 Å². The number of rotatable bonds is 3. The predicted octanol–water partition coefficient (Wildman–Crippen LogP) is 0.989. The molecule has 0 saturated carbocycles. The molecule has 2 saturated heterocycles. The summed E-state index contributed by atoms with van der Waals surface area (Å²) in [5.74, 6) is -0.0720. The molecule has 1 aromatic carbocycles. The van der Waals surface area contributed by atoms with E-state index in [1.54, 1.807) is 41.0 Å². The average Bonchev–Trinajstić information content (AvgIpc) is 2.74. The summed E-state index contributed by atoms with van der Waals surface area (Å²) in [6.07, 6.45) is -0.332. The molecule has 0 radical (unpaired) electrons. The smallest absolute Gasteiger partial charge is 0.409 e. The first-order valence-corrected chi connectivity index (χ1v) is 9.78. The van der Waals surface area contributed by atoms with Gasteiger partial charge in [0.15, 0.2) is 0 Å². The van der Waals surface area contributed by atoms with Crippen LogP contribution in [0.3, 0.4) is 0 Å². The summed E-state index contributed by atoms with van der Waals surface area (Å²) < 4.78 is 5.00. The van der Waals surface area contributed by atoms with Crippen molar-refractivity contribution in [1.82, 2.24) is 19.6 Å². The number of carbonyl (C=O) groups is 3. The van der Waals surface area contributed by atoms with Crippen LogP contribution < -0.4 is 0 Å². The van der Waals surface area contributed by atoms with Gasteiger partial charge in [0.2, 0.25) is 0 Å². The summed E-state index contributed by atoms with van der Waals surface area (Å²) >= 11 is 0. The second kappa shape index (κ2) is 9.05. The summed E-state index contributed by atoms with van der Waals surface area (Å²) in [4.78, 5) is 44.5. The standard InChI is InChI=1S/C20H28N4O4/c1-3-28-20(27)24-14-12-23(13-15-24)19(26)17-6-4-16(5-7-17)18(25)22-10-8-21(2)9-11-22/h4-7H,3,8-15H2,1-2H3. The molecule has 0 atom stereocenters. The van der Waals surface area contributed by atoms with Gasteiger partial charge in [0, 0.05) is 63.5 Å². The number of piperazine rings is 2. The van der Waals surface area contributed by atoms with Gasteiger partial charge < -0.3 is 24.3 Å². The van der Waals surface area contributed by atoms with Gasteiger partial charge in [-0.2, -0.15) is 0 Å². The first kappa shape index (κ1) is 20.1. The maximum atomic E-state index is 12.7. The van der Waals surface area contributed by atoms with E-state index in [9.17, 15) is 14.4 Å². The number of hydrogen-bond donors (Lipinski definition) is 0. The molecular weight excluding hydrogens is 360 g/mol. The Hall–Kier alpha value is -2.61. The Morgan fingerprint density at radius 3 is 1.57 bits per heavy atom. The number of carbonyl (C=O) groups excluding carboxylic acids is 3. The lowest BCUT2D eigenvalue weighted by atomic mass is 10.1. The molecule has 0 unspecified atom stereocenters. The molecule has 1 aromatic rings. The Balaban J connectivity index is 1.55. The number of benzene rings is 1.